The lowest BCUT2D eigenvalue weighted by Crippen LogP contribution is -1.84. The van der Waals surface area contributed by atoms with Crippen LogP contribution in [0.4, 0.5) is 0 Å². The minimum absolute atomic E-state index is 0.599. The molecule has 0 fully saturated rings. The molecule has 0 aliphatic carbocycles. The standard InChI is InChI=1S/C15H13N3O2S/c1-3-9-5-4-6-10-7-12(20-13(9)10)11-8-18-14(16-11)21-15(17-18)19-2/h4-8H,3H2,1-2H3. The fourth-order valence-corrected chi connectivity index (χ4v) is 3.11. The number of aryl methyl sites for hydroxylation is 1. The molecule has 0 bridgehead atoms. The van der Waals surface area contributed by atoms with Crippen molar-refractivity contribution in [3.8, 4) is 16.6 Å². The van der Waals surface area contributed by atoms with E-state index in [1.807, 2.05) is 12.3 Å². The van der Waals surface area contributed by atoms with E-state index in [-0.39, 0.29) is 0 Å². The molecule has 3 heterocycles. The third-order valence-corrected chi connectivity index (χ3v) is 4.34. The number of benzene rings is 1. The van der Waals surface area contributed by atoms with Gasteiger partial charge in [0.15, 0.2) is 5.76 Å². The van der Waals surface area contributed by atoms with Crippen molar-refractivity contribution in [2.45, 2.75) is 13.3 Å². The SMILES string of the molecule is CCc1cccc2cc(-c3cn4nc(OC)sc4n3)oc12. The molecule has 5 nitrogen and oxygen atoms in total. The van der Waals surface area contributed by atoms with Gasteiger partial charge in [-0.3, -0.25) is 0 Å². The van der Waals surface area contributed by atoms with Crippen molar-refractivity contribution in [1.29, 1.82) is 0 Å². The second-order valence-corrected chi connectivity index (χ2v) is 5.64. The van der Waals surface area contributed by atoms with E-state index < -0.39 is 0 Å². The molecule has 0 aliphatic rings. The molecular weight excluding hydrogens is 286 g/mol. The fourth-order valence-electron chi connectivity index (χ4n) is 2.41. The Balaban J connectivity index is 1.85. The van der Waals surface area contributed by atoms with Crippen LogP contribution in [0.15, 0.2) is 34.9 Å². The maximum Gasteiger partial charge on any atom is 0.294 e. The Morgan fingerprint density at radius 2 is 2.29 bits per heavy atom. The summed E-state index contributed by atoms with van der Waals surface area (Å²) >= 11 is 1.40. The summed E-state index contributed by atoms with van der Waals surface area (Å²) in [7, 11) is 1.60. The molecule has 4 rings (SSSR count). The van der Waals surface area contributed by atoms with Gasteiger partial charge in [0.05, 0.1) is 13.3 Å². The van der Waals surface area contributed by atoms with Gasteiger partial charge < -0.3 is 9.15 Å². The van der Waals surface area contributed by atoms with Crippen LogP contribution in [0.1, 0.15) is 12.5 Å². The highest BCUT2D eigenvalue weighted by molar-refractivity contribution is 7.18. The van der Waals surface area contributed by atoms with Gasteiger partial charge in [-0.05, 0) is 29.4 Å². The lowest BCUT2D eigenvalue weighted by molar-refractivity contribution is 0.405. The van der Waals surface area contributed by atoms with Crippen molar-refractivity contribution in [3.63, 3.8) is 0 Å². The van der Waals surface area contributed by atoms with Crippen molar-refractivity contribution in [2.75, 3.05) is 7.11 Å². The molecule has 0 amide bonds. The van der Waals surface area contributed by atoms with E-state index in [2.05, 4.69) is 35.2 Å². The minimum Gasteiger partial charge on any atom is -0.472 e. The lowest BCUT2D eigenvalue weighted by Gasteiger charge is -1.96. The quantitative estimate of drug-likeness (QED) is 0.578. The molecule has 3 aromatic heterocycles. The summed E-state index contributed by atoms with van der Waals surface area (Å²) in [5.41, 5.74) is 2.94. The number of methoxy groups -OCH3 is 1. The predicted octanol–water partition coefficient (Wildman–Crippen LogP) is 3.78. The molecule has 0 N–H and O–H groups in total. The molecule has 0 saturated heterocycles. The smallest absolute Gasteiger partial charge is 0.294 e. The molecule has 0 spiro atoms. The van der Waals surface area contributed by atoms with Crippen LogP contribution in [0.25, 0.3) is 27.4 Å². The number of hydrogen-bond donors (Lipinski definition) is 0. The molecular formula is C15H13N3O2S. The van der Waals surface area contributed by atoms with E-state index in [4.69, 9.17) is 9.15 Å². The van der Waals surface area contributed by atoms with E-state index >= 15 is 0 Å². The average Bonchev–Trinajstić information content (AvgIpc) is 3.17. The van der Waals surface area contributed by atoms with Crippen LogP contribution in [0.2, 0.25) is 0 Å². The molecule has 0 atom stereocenters. The van der Waals surface area contributed by atoms with Crippen LogP contribution in [-0.4, -0.2) is 21.7 Å². The summed E-state index contributed by atoms with van der Waals surface area (Å²) in [6.45, 7) is 2.12. The number of aromatic nitrogens is 3. The number of imidazole rings is 1. The monoisotopic (exact) mass is 299 g/mol. The van der Waals surface area contributed by atoms with Gasteiger partial charge in [-0.25, -0.2) is 9.50 Å². The molecule has 4 aromatic rings. The first-order valence-electron chi connectivity index (χ1n) is 6.70. The molecule has 6 heteroatoms. The number of para-hydroxylation sites is 1. The van der Waals surface area contributed by atoms with Gasteiger partial charge in [-0.1, -0.05) is 25.1 Å². The van der Waals surface area contributed by atoms with E-state index in [1.165, 1.54) is 16.9 Å². The summed E-state index contributed by atoms with van der Waals surface area (Å²) in [6, 6.07) is 8.23. The third kappa shape index (κ3) is 1.91. The normalized spacial score (nSPS) is 11.5. The molecule has 21 heavy (non-hydrogen) atoms. The number of fused-ring (bicyclic) bond motifs is 2. The fraction of sp³-hybridized carbons (Fsp3) is 0.200. The number of rotatable bonds is 3. The second-order valence-electron chi connectivity index (χ2n) is 4.73. The number of furan rings is 1. The predicted molar refractivity (Wildman–Crippen MR) is 82.0 cm³/mol. The maximum absolute atomic E-state index is 6.00. The zero-order valence-corrected chi connectivity index (χ0v) is 12.5. The average molecular weight is 299 g/mol. The summed E-state index contributed by atoms with van der Waals surface area (Å²) < 4.78 is 12.8. The Morgan fingerprint density at radius 1 is 1.38 bits per heavy atom. The first-order valence-corrected chi connectivity index (χ1v) is 7.52. The number of nitrogens with zero attached hydrogens (tertiary/aromatic N) is 3. The lowest BCUT2D eigenvalue weighted by atomic mass is 10.1. The zero-order chi connectivity index (χ0) is 14.4. The highest BCUT2D eigenvalue weighted by Crippen LogP contribution is 2.31. The minimum atomic E-state index is 0.599. The van der Waals surface area contributed by atoms with Gasteiger partial charge in [0.1, 0.15) is 11.3 Å². The van der Waals surface area contributed by atoms with Crippen molar-refractivity contribution < 1.29 is 9.15 Å². The van der Waals surface area contributed by atoms with Gasteiger partial charge in [0, 0.05) is 5.39 Å². The molecule has 0 radical (unpaired) electrons. The zero-order valence-electron chi connectivity index (χ0n) is 11.7. The van der Waals surface area contributed by atoms with Crippen LogP contribution >= 0.6 is 11.3 Å². The van der Waals surface area contributed by atoms with Gasteiger partial charge >= 0.3 is 0 Å². The molecule has 1 aromatic carbocycles. The van der Waals surface area contributed by atoms with Crippen LogP contribution in [0, 0.1) is 0 Å². The number of ether oxygens (including phenoxy) is 1. The van der Waals surface area contributed by atoms with E-state index in [0.29, 0.717) is 5.19 Å². The van der Waals surface area contributed by atoms with Crippen LogP contribution in [0.3, 0.4) is 0 Å². The Bertz CT molecular complexity index is 904. The van der Waals surface area contributed by atoms with Crippen LogP contribution in [-0.2, 0) is 6.42 Å². The largest absolute Gasteiger partial charge is 0.472 e. The molecule has 0 saturated carbocycles. The van der Waals surface area contributed by atoms with Gasteiger partial charge in [-0.15, -0.1) is 5.10 Å². The molecule has 106 valence electrons. The summed E-state index contributed by atoms with van der Waals surface area (Å²) in [5, 5.41) is 5.98. The Labute approximate surface area is 124 Å². The van der Waals surface area contributed by atoms with Gasteiger partial charge in [-0.2, -0.15) is 0 Å². The van der Waals surface area contributed by atoms with Crippen LogP contribution < -0.4 is 4.74 Å². The number of hydrogen-bond acceptors (Lipinski definition) is 5. The molecule has 0 unspecified atom stereocenters. The highest BCUT2D eigenvalue weighted by atomic mass is 32.1. The van der Waals surface area contributed by atoms with E-state index in [1.54, 1.807) is 11.6 Å². The van der Waals surface area contributed by atoms with E-state index in [0.717, 1.165) is 33.8 Å². The first-order chi connectivity index (χ1) is 10.3. The second kappa shape index (κ2) is 4.60. The molecule has 0 aliphatic heterocycles. The highest BCUT2D eigenvalue weighted by Gasteiger charge is 2.14. The Kier molecular flexibility index (Phi) is 2.71. The maximum atomic E-state index is 6.00. The van der Waals surface area contributed by atoms with Crippen molar-refractivity contribution in [2.24, 2.45) is 0 Å². The first kappa shape index (κ1) is 12.4. The van der Waals surface area contributed by atoms with Crippen molar-refractivity contribution in [3.05, 3.63) is 36.0 Å². The Hall–Kier alpha value is -2.34. The van der Waals surface area contributed by atoms with E-state index in [9.17, 15) is 0 Å². The summed E-state index contributed by atoms with van der Waals surface area (Å²) in [5.74, 6) is 0.766. The van der Waals surface area contributed by atoms with Crippen molar-refractivity contribution in [1.82, 2.24) is 14.6 Å². The van der Waals surface area contributed by atoms with Crippen molar-refractivity contribution >= 4 is 27.3 Å². The Morgan fingerprint density at radius 3 is 3.05 bits per heavy atom. The summed E-state index contributed by atoms with van der Waals surface area (Å²) in [6.07, 6.45) is 2.80. The van der Waals surface area contributed by atoms with Crippen LogP contribution in [0.5, 0.6) is 5.19 Å². The summed E-state index contributed by atoms with van der Waals surface area (Å²) in [4.78, 5) is 5.34. The third-order valence-electron chi connectivity index (χ3n) is 3.46. The topological polar surface area (TPSA) is 52.6 Å². The van der Waals surface area contributed by atoms with Gasteiger partial charge in [0.25, 0.3) is 5.19 Å². The van der Waals surface area contributed by atoms with Gasteiger partial charge in [0.2, 0.25) is 4.96 Å².